The molecule has 1 spiro atoms. The van der Waals surface area contributed by atoms with E-state index >= 15 is 0 Å². The maximum atomic E-state index is 13.3. The molecule has 1 aromatic carbocycles. The van der Waals surface area contributed by atoms with Gasteiger partial charge in [0, 0.05) is 43.5 Å². The van der Waals surface area contributed by atoms with Crippen LogP contribution in [0.2, 0.25) is 0 Å². The van der Waals surface area contributed by atoms with Gasteiger partial charge in [0.25, 0.3) is 5.91 Å². The van der Waals surface area contributed by atoms with Crippen LogP contribution in [0.15, 0.2) is 42.6 Å². The van der Waals surface area contributed by atoms with E-state index in [1.807, 2.05) is 41.3 Å². The summed E-state index contributed by atoms with van der Waals surface area (Å²) in [6.45, 7) is 5.30. The Labute approximate surface area is 175 Å². The first-order valence-corrected chi connectivity index (χ1v) is 10.5. The zero-order chi connectivity index (χ0) is 20.4. The summed E-state index contributed by atoms with van der Waals surface area (Å²) < 4.78 is 5.99. The topological polar surface area (TPSA) is 87.2 Å². The molecule has 3 aromatic rings. The first-order chi connectivity index (χ1) is 14.7. The van der Waals surface area contributed by atoms with Crippen molar-refractivity contribution in [3.63, 3.8) is 0 Å². The molecule has 1 amide bonds. The highest BCUT2D eigenvalue weighted by Gasteiger charge is 2.40. The minimum Gasteiger partial charge on any atom is -0.379 e. The van der Waals surface area contributed by atoms with E-state index in [4.69, 9.17) is 4.74 Å². The number of benzene rings is 1. The molecule has 156 valence electrons. The van der Waals surface area contributed by atoms with Crippen molar-refractivity contribution in [2.75, 3.05) is 39.4 Å². The summed E-state index contributed by atoms with van der Waals surface area (Å²) >= 11 is 0. The van der Waals surface area contributed by atoms with Crippen LogP contribution in [0.4, 0.5) is 0 Å². The highest BCUT2D eigenvalue weighted by Crippen LogP contribution is 2.34. The molecule has 30 heavy (non-hydrogen) atoms. The van der Waals surface area contributed by atoms with E-state index in [1.165, 1.54) is 0 Å². The smallest absolute Gasteiger partial charge is 0.272 e. The Bertz CT molecular complexity index is 1020. The van der Waals surface area contributed by atoms with Crippen LogP contribution < -0.4 is 0 Å². The predicted molar refractivity (Wildman–Crippen MR) is 112 cm³/mol. The molecule has 1 N–H and O–H groups in total. The van der Waals surface area contributed by atoms with Gasteiger partial charge < -0.3 is 9.64 Å². The fraction of sp³-hybridized carbons (Fsp3) is 0.455. The third-order valence-electron chi connectivity index (χ3n) is 6.14. The summed E-state index contributed by atoms with van der Waals surface area (Å²) in [5.41, 5.74) is 2.23. The molecule has 2 fully saturated rings. The molecule has 1 unspecified atom stereocenters. The van der Waals surface area contributed by atoms with E-state index in [2.05, 4.69) is 25.3 Å². The van der Waals surface area contributed by atoms with E-state index < -0.39 is 0 Å². The van der Waals surface area contributed by atoms with Gasteiger partial charge in [-0.3, -0.25) is 9.69 Å². The highest BCUT2D eigenvalue weighted by molar-refractivity contribution is 5.95. The lowest BCUT2D eigenvalue weighted by Gasteiger charge is -2.43. The second-order valence-electron chi connectivity index (χ2n) is 8.44. The molecule has 1 atom stereocenters. The van der Waals surface area contributed by atoms with Crippen LogP contribution in [0.25, 0.3) is 10.9 Å². The number of hydrogen-bond acceptors (Lipinski definition) is 6. The summed E-state index contributed by atoms with van der Waals surface area (Å²) in [6.07, 6.45) is 3.79. The lowest BCUT2D eigenvalue weighted by molar-refractivity contribution is 0.00668. The quantitative estimate of drug-likeness (QED) is 0.717. The summed E-state index contributed by atoms with van der Waals surface area (Å²) in [5.74, 6) is 0.00660. The Morgan fingerprint density at radius 3 is 3.00 bits per heavy atom. The number of nitrogens with zero attached hydrogens (tertiary/aromatic N) is 5. The lowest BCUT2D eigenvalue weighted by atomic mass is 9.80. The molecular weight excluding hydrogens is 380 g/mol. The van der Waals surface area contributed by atoms with Gasteiger partial charge in [-0.05, 0) is 25.0 Å². The molecule has 0 bridgehead atoms. The number of aromatic amines is 1. The number of piperidine rings is 1. The second-order valence-corrected chi connectivity index (χ2v) is 8.44. The molecule has 8 heteroatoms. The molecule has 8 nitrogen and oxygen atoms in total. The van der Waals surface area contributed by atoms with Crippen LogP contribution in [-0.4, -0.2) is 75.5 Å². The zero-order valence-electron chi connectivity index (χ0n) is 17.0. The molecule has 0 saturated carbocycles. The van der Waals surface area contributed by atoms with Gasteiger partial charge in [-0.25, -0.2) is 4.98 Å². The average molecular weight is 406 g/mol. The standard InChI is InChI=1S/C22H26N6O2/c29-21(20-7-6-17-4-1-2-5-19(17)24-20)28-9-3-8-22(15-28)14-27(10-11-30-16-22)13-18-12-23-26-25-18/h1-2,4-7,12H,3,8-11,13-16H2,(H,23,25,26). The summed E-state index contributed by atoms with van der Waals surface area (Å²) in [6, 6.07) is 11.7. The van der Waals surface area contributed by atoms with Gasteiger partial charge in [0.15, 0.2) is 0 Å². The van der Waals surface area contributed by atoms with Crippen LogP contribution in [0.1, 0.15) is 29.0 Å². The number of nitrogens with one attached hydrogen (secondary N) is 1. The third kappa shape index (κ3) is 3.93. The normalized spacial score (nSPS) is 23.0. The van der Waals surface area contributed by atoms with E-state index in [-0.39, 0.29) is 11.3 Å². The van der Waals surface area contributed by atoms with Crippen molar-refractivity contribution < 1.29 is 9.53 Å². The Balaban J connectivity index is 1.33. The number of aromatic nitrogens is 4. The summed E-state index contributed by atoms with van der Waals surface area (Å²) in [7, 11) is 0. The number of ether oxygens (including phenoxy) is 1. The number of amides is 1. The van der Waals surface area contributed by atoms with Gasteiger partial charge in [0.1, 0.15) is 5.69 Å². The molecule has 2 aromatic heterocycles. The maximum absolute atomic E-state index is 13.3. The van der Waals surface area contributed by atoms with Crippen molar-refractivity contribution in [3.8, 4) is 0 Å². The number of para-hydroxylation sites is 1. The van der Waals surface area contributed by atoms with Gasteiger partial charge in [-0.2, -0.15) is 15.4 Å². The van der Waals surface area contributed by atoms with Crippen molar-refractivity contribution in [1.29, 1.82) is 0 Å². The molecule has 2 saturated heterocycles. The lowest BCUT2D eigenvalue weighted by Crippen LogP contribution is -2.52. The van der Waals surface area contributed by atoms with Crippen molar-refractivity contribution >= 4 is 16.8 Å². The summed E-state index contributed by atoms with van der Waals surface area (Å²) in [5, 5.41) is 11.8. The van der Waals surface area contributed by atoms with Gasteiger partial charge in [0.05, 0.1) is 30.6 Å². The van der Waals surface area contributed by atoms with E-state index in [0.29, 0.717) is 25.5 Å². The average Bonchev–Trinajstić information content (AvgIpc) is 3.21. The Hall–Kier alpha value is -2.84. The number of likely N-dealkylation sites (tertiary alicyclic amines) is 1. The second kappa shape index (κ2) is 8.12. The van der Waals surface area contributed by atoms with Crippen molar-refractivity contribution in [3.05, 3.63) is 54.0 Å². The fourth-order valence-electron chi connectivity index (χ4n) is 4.72. The first kappa shape index (κ1) is 19.1. The number of hydrogen-bond donors (Lipinski definition) is 1. The van der Waals surface area contributed by atoms with Crippen LogP contribution in [0, 0.1) is 5.41 Å². The Kier molecular flexibility index (Phi) is 5.18. The number of fused-ring (bicyclic) bond motifs is 1. The Morgan fingerprint density at radius 1 is 1.17 bits per heavy atom. The molecule has 2 aliphatic rings. The van der Waals surface area contributed by atoms with Crippen molar-refractivity contribution in [2.24, 2.45) is 5.41 Å². The molecule has 0 radical (unpaired) electrons. The SMILES string of the molecule is O=C(c1ccc2ccccc2n1)N1CCCC2(COCCN(Cc3cn[nH]n3)C2)C1. The van der Waals surface area contributed by atoms with E-state index in [9.17, 15) is 4.79 Å². The van der Waals surface area contributed by atoms with Gasteiger partial charge in [0.2, 0.25) is 0 Å². The minimum atomic E-state index is -0.0645. The van der Waals surface area contributed by atoms with Crippen LogP contribution >= 0.6 is 0 Å². The van der Waals surface area contributed by atoms with Gasteiger partial charge in [-0.1, -0.05) is 24.3 Å². The largest absolute Gasteiger partial charge is 0.379 e. The van der Waals surface area contributed by atoms with Crippen molar-refractivity contribution in [2.45, 2.75) is 19.4 Å². The highest BCUT2D eigenvalue weighted by atomic mass is 16.5. The van der Waals surface area contributed by atoms with E-state index in [0.717, 1.165) is 55.6 Å². The first-order valence-electron chi connectivity index (χ1n) is 10.5. The fourth-order valence-corrected chi connectivity index (χ4v) is 4.72. The number of pyridine rings is 1. The molecule has 5 rings (SSSR count). The van der Waals surface area contributed by atoms with Crippen LogP contribution in [0.5, 0.6) is 0 Å². The number of carbonyl (C=O) groups excluding carboxylic acids is 1. The van der Waals surface area contributed by atoms with Gasteiger partial charge >= 0.3 is 0 Å². The predicted octanol–water partition coefficient (Wildman–Crippen LogP) is 2.11. The number of carbonyl (C=O) groups is 1. The van der Waals surface area contributed by atoms with Crippen molar-refractivity contribution in [1.82, 2.24) is 30.2 Å². The molecular formula is C22H26N6O2. The van der Waals surface area contributed by atoms with Crippen LogP contribution in [0.3, 0.4) is 0 Å². The third-order valence-corrected chi connectivity index (χ3v) is 6.14. The molecule has 4 heterocycles. The van der Waals surface area contributed by atoms with Gasteiger partial charge in [-0.15, -0.1) is 0 Å². The maximum Gasteiger partial charge on any atom is 0.272 e. The number of H-pyrrole nitrogens is 1. The molecule has 0 aliphatic carbocycles. The van der Waals surface area contributed by atoms with Crippen LogP contribution in [-0.2, 0) is 11.3 Å². The Morgan fingerprint density at radius 2 is 2.10 bits per heavy atom. The zero-order valence-corrected chi connectivity index (χ0v) is 17.0. The monoisotopic (exact) mass is 406 g/mol. The number of rotatable bonds is 3. The minimum absolute atomic E-state index is 0.00660. The molecule has 2 aliphatic heterocycles. The van der Waals surface area contributed by atoms with E-state index in [1.54, 1.807) is 6.20 Å². The summed E-state index contributed by atoms with van der Waals surface area (Å²) in [4.78, 5) is 22.2.